The Labute approximate surface area is 87.3 Å². The fourth-order valence-electron chi connectivity index (χ4n) is 1.04. The normalized spacial score (nSPS) is 46.0. The summed E-state index contributed by atoms with van der Waals surface area (Å²) >= 11 is 1.65. The number of alkyl halides is 1. The first kappa shape index (κ1) is 11.1. The van der Waals surface area contributed by atoms with Crippen molar-refractivity contribution < 1.29 is 30.0 Å². The summed E-state index contributed by atoms with van der Waals surface area (Å²) in [6.45, 7) is 0. The van der Waals surface area contributed by atoms with Crippen LogP contribution in [0, 0.1) is 0 Å². The molecule has 1 heterocycles. The summed E-state index contributed by atoms with van der Waals surface area (Å²) in [6, 6.07) is 0. The van der Waals surface area contributed by atoms with E-state index in [1.807, 2.05) is 0 Å². The predicted octanol–water partition coefficient (Wildman–Crippen LogP) is -1.69. The Morgan fingerprint density at radius 1 is 1.15 bits per heavy atom. The molecule has 0 saturated carbocycles. The molecule has 6 nitrogen and oxygen atoms in total. The Morgan fingerprint density at radius 3 is 2.15 bits per heavy atom. The fraction of sp³-hybridized carbons (Fsp3) is 0.833. The number of halogens is 1. The van der Waals surface area contributed by atoms with Crippen molar-refractivity contribution in [3.05, 3.63) is 0 Å². The standard InChI is InChI=1S/C6H9IO6/c7-5-3(10)1(8)2(9)4(13-5)6(11)12/h1-5,8-10H,(H,11,12)/t1-,2-,3+,4-,5?/m0/s1. The highest BCUT2D eigenvalue weighted by Crippen LogP contribution is 2.24. The first-order valence-electron chi connectivity index (χ1n) is 3.51. The van der Waals surface area contributed by atoms with Crippen LogP contribution in [0.5, 0.6) is 0 Å². The van der Waals surface area contributed by atoms with Crippen molar-refractivity contribution >= 4 is 28.6 Å². The first-order valence-corrected chi connectivity index (χ1v) is 4.76. The summed E-state index contributed by atoms with van der Waals surface area (Å²) in [5.74, 6) is -1.36. The number of carboxylic acid groups (broad SMARTS) is 1. The lowest BCUT2D eigenvalue weighted by Gasteiger charge is -2.36. The molecule has 1 unspecified atom stereocenters. The van der Waals surface area contributed by atoms with Crippen molar-refractivity contribution in [1.82, 2.24) is 0 Å². The van der Waals surface area contributed by atoms with Gasteiger partial charge in [0.1, 0.15) is 22.4 Å². The lowest BCUT2D eigenvalue weighted by atomic mass is 10.0. The number of hydrogen-bond acceptors (Lipinski definition) is 5. The lowest BCUT2D eigenvalue weighted by molar-refractivity contribution is -0.206. The van der Waals surface area contributed by atoms with E-state index in [0.29, 0.717) is 0 Å². The molecule has 0 spiro atoms. The van der Waals surface area contributed by atoms with Crippen molar-refractivity contribution in [3.8, 4) is 0 Å². The van der Waals surface area contributed by atoms with Gasteiger partial charge in [-0.3, -0.25) is 0 Å². The maximum atomic E-state index is 10.5. The van der Waals surface area contributed by atoms with Gasteiger partial charge in [-0.1, -0.05) is 0 Å². The van der Waals surface area contributed by atoms with E-state index in [1.165, 1.54) is 0 Å². The second-order valence-corrected chi connectivity index (χ2v) is 3.95. The number of ether oxygens (including phenoxy) is 1. The third-order valence-electron chi connectivity index (χ3n) is 1.80. The fourth-order valence-corrected chi connectivity index (χ4v) is 1.78. The second kappa shape index (κ2) is 4.05. The maximum absolute atomic E-state index is 10.5. The minimum atomic E-state index is -1.60. The van der Waals surface area contributed by atoms with Crippen molar-refractivity contribution in [3.63, 3.8) is 0 Å². The molecule has 1 rings (SSSR count). The quantitative estimate of drug-likeness (QED) is 0.340. The van der Waals surface area contributed by atoms with Gasteiger partial charge in [0.2, 0.25) is 0 Å². The molecule has 5 atom stereocenters. The smallest absolute Gasteiger partial charge is 0.335 e. The van der Waals surface area contributed by atoms with Crippen LogP contribution in [0.2, 0.25) is 0 Å². The Hall–Kier alpha value is 0.0400. The molecule has 0 aromatic heterocycles. The zero-order chi connectivity index (χ0) is 10.2. The van der Waals surface area contributed by atoms with Crippen LogP contribution in [0.3, 0.4) is 0 Å². The molecule has 1 fully saturated rings. The number of aliphatic hydroxyl groups excluding tert-OH is 3. The van der Waals surface area contributed by atoms with Crippen LogP contribution in [0.15, 0.2) is 0 Å². The summed E-state index contributed by atoms with van der Waals surface area (Å²) in [6.07, 6.45) is -5.85. The average molecular weight is 304 g/mol. The molecule has 7 heteroatoms. The molecule has 0 radical (unpaired) electrons. The highest BCUT2D eigenvalue weighted by molar-refractivity contribution is 14.1. The molecule has 0 aromatic rings. The van der Waals surface area contributed by atoms with Gasteiger partial charge >= 0.3 is 5.97 Å². The van der Waals surface area contributed by atoms with E-state index in [9.17, 15) is 20.1 Å². The number of rotatable bonds is 1. The number of aliphatic hydroxyl groups is 3. The van der Waals surface area contributed by atoms with Crippen molar-refractivity contribution in [1.29, 1.82) is 0 Å². The maximum Gasteiger partial charge on any atom is 0.335 e. The molecule has 0 bridgehead atoms. The van der Waals surface area contributed by atoms with Gasteiger partial charge in [-0.15, -0.1) is 0 Å². The second-order valence-electron chi connectivity index (χ2n) is 2.72. The highest BCUT2D eigenvalue weighted by atomic mass is 127. The van der Waals surface area contributed by atoms with E-state index in [-0.39, 0.29) is 0 Å². The zero-order valence-corrected chi connectivity index (χ0v) is 8.53. The van der Waals surface area contributed by atoms with Crippen LogP contribution in [-0.4, -0.2) is 54.9 Å². The van der Waals surface area contributed by atoms with Crippen LogP contribution in [0.1, 0.15) is 0 Å². The van der Waals surface area contributed by atoms with Crippen LogP contribution >= 0.6 is 22.6 Å². The number of aliphatic carboxylic acids is 1. The van der Waals surface area contributed by atoms with Crippen LogP contribution < -0.4 is 0 Å². The van der Waals surface area contributed by atoms with Crippen LogP contribution in [0.4, 0.5) is 0 Å². The molecule has 1 aliphatic rings. The molecule has 0 amide bonds. The SMILES string of the molecule is O=C(O)[C@H]1OC(I)[C@H](O)[C@@H](O)[C@@H]1O. The van der Waals surface area contributed by atoms with E-state index < -0.39 is 34.5 Å². The summed E-state index contributed by atoms with van der Waals surface area (Å²) in [5.41, 5.74) is 0. The zero-order valence-electron chi connectivity index (χ0n) is 6.37. The molecule has 4 N–H and O–H groups in total. The highest BCUT2D eigenvalue weighted by Gasteiger charge is 2.45. The Balaban J connectivity index is 2.76. The third kappa shape index (κ3) is 2.10. The van der Waals surface area contributed by atoms with Gasteiger partial charge in [0.05, 0.1) is 0 Å². The van der Waals surface area contributed by atoms with Gasteiger partial charge in [-0.2, -0.15) is 0 Å². The average Bonchev–Trinajstić information content (AvgIpc) is 2.07. The molecule has 1 aliphatic heterocycles. The molecule has 0 aliphatic carbocycles. The summed E-state index contributed by atoms with van der Waals surface area (Å²) < 4.78 is 3.93. The summed E-state index contributed by atoms with van der Waals surface area (Å²) in [5, 5.41) is 36.1. The van der Waals surface area contributed by atoms with Crippen molar-refractivity contribution in [2.24, 2.45) is 0 Å². The first-order chi connectivity index (χ1) is 5.95. The Bertz CT molecular complexity index is 209. The Morgan fingerprint density at radius 2 is 1.69 bits per heavy atom. The number of carboxylic acids is 1. The van der Waals surface area contributed by atoms with Crippen LogP contribution in [0.25, 0.3) is 0 Å². The van der Waals surface area contributed by atoms with Gasteiger partial charge in [0.15, 0.2) is 6.10 Å². The van der Waals surface area contributed by atoms with Crippen LogP contribution in [-0.2, 0) is 9.53 Å². The topological polar surface area (TPSA) is 107 Å². The largest absolute Gasteiger partial charge is 0.479 e. The van der Waals surface area contributed by atoms with Gasteiger partial charge in [0, 0.05) is 0 Å². The molecule has 0 aromatic carbocycles. The lowest BCUT2D eigenvalue weighted by Crippen LogP contribution is -2.58. The van der Waals surface area contributed by atoms with E-state index >= 15 is 0 Å². The van der Waals surface area contributed by atoms with E-state index in [0.717, 1.165) is 0 Å². The molecule has 76 valence electrons. The van der Waals surface area contributed by atoms with Gasteiger partial charge in [0.25, 0.3) is 0 Å². The minimum Gasteiger partial charge on any atom is -0.479 e. The monoisotopic (exact) mass is 304 g/mol. The molecule has 13 heavy (non-hydrogen) atoms. The number of carbonyl (C=O) groups is 1. The van der Waals surface area contributed by atoms with Crippen molar-refractivity contribution in [2.75, 3.05) is 0 Å². The third-order valence-corrected chi connectivity index (χ3v) is 2.83. The predicted molar refractivity (Wildman–Crippen MR) is 48.3 cm³/mol. The molecular weight excluding hydrogens is 295 g/mol. The van der Waals surface area contributed by atoms with Gasteiger partial charge in [-0.05, 0) is 22.6 Å². The molecular formula is C6H9IO6. The minimum absolute atomic E-state index is 0.836. The van der Waals surface area contributed by atoms with E-state index in [1.54, 1.807) is 22.6 Å². The van der Waals surface area contributed by atoms with E-state index in [2.05, 4.69) is 0 Å². The van der Waals surface area contributed by atoms with Gasteiger partial charge < -0.3 is 25.2 Å². The number of hydrogen-bond donors (Lipinski definition) is 4. The van der Waals surface area contributed by atoms with E-state index in [4.69, 9.17) is 9.84 Å². The van der Waals surface area contributed by atoms with Crippen molar-refractivity contribution in [2.45, 2.75) is 28.5 Å². The summed E-state index contributed by atoms with van der Waals surface area (Å²) in [4.78, 5) is 10.5. The summed E-state index contributed by atoms with van der Waals surface area (Å²) in [7, 11) is 0. The Kier molecular flexibility index (Phi) is 3.46. The van der Waals surface area contributed by atoms with Gasteiger partial charge in [-0.25, -0.2) is 4.79 Å². The molecule has 1 saturated heterocycles.